The third kappa shape index (κ3) is 8.49. The first kappa shape index (κ1) is 20.2. The normalized spacial score (nSPS) is 12.6. The molecule has 2 amide bonds. The van der Waals surface area contributed by atoms with Crippen molar-refractivity contribution < 1.29 is 14.3 Å². The zero-order valence-electron chi connectivity index (χ0n) is 14.7. The molecular formula is C17H30N2O3. The summed E-state index contributed by atoms with van der Waals surface area (Å²) in [6.45, 7) is 11.6. The molecule has 0 saturated heterocycles. The Morgan fingerprint density at radius 1 is 1.09 bits per heavy atom. The van der Waals surface area contributed by atoms with Gasteiger partial charge in [-0.2, -0.15) is 0 Å². The lowest BCUT2D eigenvalue weighted by Crippen LogP contribution is -2.55. The molecular weight excluding hydrogens is 280 g/mol. The van der Waals surface area contributed by atoms with Gasteiger partial charge in [0.2, 0.25) is 5.91 Å². The number of carbonyl (C=O) groups excluding carboxylic acids is 2. The summed E-state index contributed by atoms with van der Waals surface area (Å²) >= 11 is 0. The molecule has 0 unspecified atom stereocenters. The topological polar surface area (TPSA) is 67.4 Å². The number of hydrogen-bond donors (Lipinski definition) is 2. The number of carbonyl (C=O) groups is 2. The second-order valence-corrected chi connectivity index (χ2v) is 6.22. The highest BCUT2D eigenvalue weighted by Gasteiger charge is 2.29. The predicted molar refractivity (Wildman–Crippen MR) is 89.6 cm³/mol. The summed E-state index contributed by atoms with van der Waals surface area (Å²) in [6.07, 6.45) is 7.75. The lowest BCUT2D eigenvalue weighted by molar-refractivity contribution is -0.118. The number of alkyl carbamates (subject to hydrolysis) is 1. The van der Waals surface area contributed by atoms with Gasteiger partial charge in [-0.15, -0.1) is 0 Å². The van der Waals surface area contributed by atoms with E-state index in [2.05, 4.69) is 10.6 Å². The number of rotatable bonds is 7. The minimum absolute atomic E-state index is 0.173. The monoisotopic (exact) mass is 310 g/mol. The van der Waals surface area contributed by atoms with Crippen LogP contribution in [0, 0.1) is 0 Å². The van der Waals surface area contributed by atoms with Crippen molar-refractivity contribution in [3.63, 3.8) is 0 Å². The number of hydrogen-bond acceptors (Lipinski definition) is 3. The maximum absolute atomic E-state index is 11.9. The van der Waals surface area contributed by atoms with Gasteiger partial charge >= 0.3 is 6.09 Å². The van der Waals surface area contributed by atoms with Crippen LogP contribution in [0.3, 0.4) is 0 Å². The number of allylic oxidation sites excluding steroid dienone is 3. The van der Waals surface area contributed by atoms with E-state index in [9.17, 15) is 9.59 Å². The summed E-state index contributed by atoms with van der Waals surface area (Å²) < 4.78 is 5.22. The Balaban J connectivity index is 4.68. The van der Waals surface area contributed by atoms with Gasteiger partial charge in [0, 0.05) is 12.6 Å². The molecule has 0 spiro atoms. The van der Waals surface area contributed by atoms with Gasteiger partial charge in [0.1, 0.15) is 5.60 Å². The van der Waals surface area contributed by atoms with Crippen molar-refractivity contribution in [2.24, 2.45) is 0 Å². The number of nitrogens with one attached hydrogen (secondary N) is 2. The van der Waals surface area contributed by atoms with Crippen LogP contribution in [-0.4, -0.2) is 29.7 Å². The van der Waals surface area contributed by atoms with Crippen LogP contribution in [0.15, 0.2) is 24.3 Å². The first-order valence-electron chi connectivity index (χ1n) is 7.76. The van der Waals surface area contributed by atoms with Crippen molar-refractivity contribution in [2.75, 3.05) is 6.54 Å². The Morgan fingerprint density at radius 3 is 2.14 bits per heavy atom. The molecule has 0 aliphatic carbocycles. The molecule has 0 heterocycles. The van der Waals surface area contributed by atoms with Crippen LogP contribution in [0.4, 0.5) is 4.79 Å². The molecule has 22 heavy (non-hydrogen) atoms. The Labute approximate surface area is 134 Å². The summed E-state index contributed by atoms with van der Waals surface area (Å²) in [5.74, 6) is -0.173. The minimum Gasteiger partial charge on any atom is -0.444 e. The fourth-order valence-electron chi connectivity index (χ4n) is 1.83. The van der Waals surface area contributed by atoms with Crippen LogP contribution < -0.4 is 10.6 Å². The Hall–Kier alpha value is -1.78. The van der Waals surface area contributed by atoms with Gasteiger partial charge < -0.3 is 15.4 Å². The van der Waals surface area contributed by atoms with E-state index in [0.717, 1.165) is 0 Å². The molecule has 0 aromatic carbocycles. The van der Waals surface area contributed by atoms with Crippen LogP contribution in [-0.2, 0) is 9.53 Å². The Morgan fingerprint density at radius 2 is 1.68 bits per heavy atom. The van der Waals surface area contributed by atoms with E-state index in [1.807, 2.05) is 47.6 Å². The van der Waals surface area contributed by atoms with Gasteiger partial charge in [0.15, 0.2) is 0 Å². The van der Waals surface area contributed by atoms with E-state index in [1.54, 1.807) is 12.2 Å². The van der Waals surface area contributed by atoms with E-state index in [0.29, 0.717) is 19.4 Å². The van der Waals surface area contributed by atoms with E-state index in [-0.39, 0.29) is 5.91 Å². The third-order valence-corrected chi connectivity index (χ3v) is 3.26. The first-order chi connectivity index (χ1) is 10.2. The number of ether oxygens (including phenoxy) is 1. The van der Waals surface area contributed by atoms with Crippen molar-refractivity contribution in [1.82, 2.24) is 10.6 Å². The van der Waals surface area contributed by atoms with Crippen LogP contribution in [0.25, 0.3) is 0 Å². The van der Waals surface area contributed by atoms with Gasteiger partial charge in [-0.1, -0.05) is 32.1 Å². The zero-order chi connectivity index (χ0) is 17.2. The second kappa shape index (κ2) is 9.28. The fourth-order valence-corrected chi connectivity index (χ4v) is 1.83. The summed E-state index contributed by atoms with van der Waals surface area (Å²) in [4.78, 5) is 23.7. The molecule has 0 saturated carbocycles. The van der Waals surface area contributed by atoms with Crippen LogP contribution in [0.1, 0.15) is 54.4 Å². The standard InChI is InChI=1S/C17H30N2O3/c1-7-10-11-12-14(20)19-17(8-2,9-3)13-18-15(21)22-16(4,5)6/h7,10-12H,8-9,13H2,1-6H3,(H,18,21)(H,19,20). The molecule has 0 bridgehead atoms. The SMILES string of the molecule is CC=CC=CC(=O)NC(CC)(CC)CNC(=O)OC(C)(C)C. The van der Waals surface area contributed by atoms with E-state index >= 15 is 0 Å². The molecule has 126 valence electrons. The van der Waals surface area contributed by atoms with Crippen LogP contribution >= 0.6 is 0 Å². The molecule has 0 aliphatic rings. The van der Waals surface area contributed by atoms with Crippen molar-refractivity contribution in [2.45, 2.75) is 65.5 Å². The van der Waals surface area contributed by atoms with Gasteiger partial charge in [0.05, 0.1) is 5.54 Å². The Kier molecular flexibility index (Phi) is 8.53. The predicted octanol–water partition coefficient (Wildman–Crippen LogP) is 3.32. The fraction of sp³-hybridized carbons (Fsp3) is 0.647. The van der Waals surface area contributed by atoms with Crippen molar-refractivity contribution in [3.8, 4) is 0 Å². The largest absolute Gasteiger partial charge is 0.444 e. The van der Waals surface area contributed by atoms with Gasteiger partial charge in [-0.25, -0.2) is 4.79 Å². The summed E-state index contributed by atoms with van der Waals surface area (Å²) in [5, 5.41) is 5.72. The molecule has 5 heteroatoms. The molecule has 0 aromatic rings. The molecule has 0 aliphatic heterocycles. The maximum Gasteiger partial charge on any atom is 0.407 e. The average molecular weight is 310 g/mol. The highest BCUT2D eigenvalue weighted by molar-refractivity contribution is 5.88. The van der Waals surface area contributed by atoms with Crippen molar-refractivity contribution in [3.05, 3.63) is 24.3 Å². The smallest absolute Gasteiger partial charge is 0.407 e. The summed E-state index contributed by atoms with van der Waals surface area (Å²) in [6, 6.07) is 0. The number of amides is 2. The van der Waals surface area contributed by atoms with E-state index in [1.165, 1.54) is 6.08 Å². The third-order valence-electron chi connectivity index (χ3n) is 3.26. The summed E-state index contributed by atoms with van der Waals surface area (Å²) in [5.41, 5.74) is -1.02. The quantitative estimate of drug-likeness (QED) is 0.560. The van der Waals surface area contributed by atoms with Gasteiger partial charge in [-0.05, 0) is 40.5 Å². The Bertz CT molecular complexity index is 416. The molecule has 5 nitrogen and oxygen atoms in total. The molecule has 0 fully saturated rings. The van der Waals surface area contributed by atoms with Crippen LogP contribution in [0.5, 0.6) is 0 Å². The van der Waals surface area contributed by atoms with E-state index in [4.69, 9.17) is 4.74 Å². The lowest BCUT2D eigenvalue weighted by Gasteiger charge is -2.33. The van der Waals surface area contributed by atoms with Crippen LogP contribution in [0.2, 0.25) is 0 Å². The highest BCUT2D eigenvalue weighted by Crippen LogP contribution is 2.15. The highest BCUT2D eigenvalue weighted by atomic mass is 16.6. The molecule has 0 radical (unpaired) electrons. The zero-order valence-corrected chi connectivity index (χ0v) is 14.7. The minimum atomic E-state index is -0.538. The maximum atomic E-state index is 11.9. The van der Waals surface area contributed by atoms with Crippen molar-refractivity contribution >= 4 is 12.0 Å². The molecule has 2 N–H and O–H groups in total. The second-order valence-electron chi connectivity index (χ2n) is 6.22. The first-order valence-corrected chi connectivity index (χ1v) is 7.76. The average Bonchev–Trinajstić information content (AvgIpc) is 2.42. The lowest BCUT2D eigenvalue weighted by atomic mass is 9.92. The molecule has 0 aromatic heterocycles. The van der Waals surface area contributed by atoms with Crippen molar-refractivity contribution in [1.29, 1.82) is 0 Å². The molecule has 0 rings (SSSR count). The van der Waals surface area contributed by atoms with Gasteiger partial charge in [0.25, 0.3) is 0 Å². The molecule has 0 atom stereocenters. The van der Waals surface area contributed by atoms with E-state index < -0.39 is 17.2 Å². The summed E-state index contributed by atoms with van der Waals surface area (Å²) in [7, 11) is 0. The van der Waals surface area contributed by atoms with Gasteiger partial charge in [-0.3, -0.25) is 4.79 Å².